The number of nitrogens with zero attached hydrogens (tertiary/aromatic N) is 3. The van der Waals surface area contributed by atoms with Crippen LogP contribution in [0.1, 0.15) is 55.6 Å². The van der Waals surface area contributed by atoms with E-state index in [1.54, 1.807) is 0 Å². The second kappa shape index (κ2) is 13.1. The van der Waals surface area contributed by atoms with E-state index in [1.165, 1.54) is 0 Å². The molecule has 3 rings (SSSR count). The molecule has 1 heterocycles. The van der Waals surface area contributed by atoms with Crippen LogP contribution in [0, 0.1) is 0 Å². The molecule has 0 aliphatic heterocycles. The molecule has 1 N–H and O–H groups in total. The lowest BCUT2D eigenvalue weighted by Gasteiger charge is -2.19. The highest BCUT2D eigenvalue weighted by atomic mass is 79.9. The van der Waals surface area contributed by atoms with Crippen LogP contribution in [0.5, 0.6) is 0 Å². The van der Waals surface area contributed by atoms with Gasteiger partial charge in [0.05, 0.1) is 5.75 Å². The van der Waals surface area contributed by atoms with Crippen molar-refractivity contribution in [3.05, 3.63) is 81.9 Å². The van der Waals surface area contributed by atoms with Crippen LogP contribution in [0.25, 0.3) is 0 Å². The number of aryl methyl sites for hydroxylation is 1. The number of nitrogens with one attached hydrogen (secondary N) is 1. The normalized spacial score (nSPS) is 12.8. The van der Waals surface area contributed by atoms with Gasteiger partial charge >= 0.3 is 0 Å². The number of benzene rings is 2. The number of aromatic nitrogens is 2. The van der Waals surface area contributed by atoms with Crippen molar-refractivity contribution < 1.29 is 12.9 Å². The zero-order valence-corrected chi connectivity index (χ0v) is 22.2. The first-order valence-electron chi connectivity index (χ1n) is 11.7. The molecule has 0 radical (unpaired) electrons. The Morgan fingerprint density at radius 1 is 1.03 bits per heavy atom. The largest absolute Gasteiger partial charge is 0.338 e. The third-order valence-corrected chi connectivity index (χ3v) is 7.72. The number of rotatable bonds is 14. The Balaban J connectivity index is 1.70. The molecule has 9 heteroatoms. The Morgan fingerprint density at radius 2 is 1.74 bits per heavy atom. The minimum absolute atomic E-state index is 0.0607. The first-order chi connectivity index (χ1) is 16.4. The van der Waals surface area contributed by atoms with E-state index in [0.717, 1.165) is 35.2 Å². The molecule has 1 aromatic heterocycles. The molecule has 34 heavy (non-hydrogen) atoms. The lowest BCUT2D eigenvalue weighted by Crippen LogP contribution is -2.33. The number of hydrogen-bond acceptors (Lipinski definition) is 6. The smallest absolute Gasteiger partial charge is 0.244 e. The zero-order valence-electron chi connectivity index (χ0n) is 19.8. The van der Waals surface area contributed by atoms with Crippen LogP contribution in [0.4, 0.5) is 0 Å². The molecule has 1 unspecified atom stereocenters. The van der Waals surface area contributed by atoms with Crippen molar-refractivity contribution in [2.75, 3.05) is 25.4 Å². The Bertz CT molecular complexity index is 1100. The fraction of sp³-hybridized carbons (Fsp3) is 0.440. The maximum Gasteiger partial charge on any atom is 0.244 e. The second-order valence-corrected chi connectivity index (χ2v) is 11.0. The third-order valence-electron chi connectivity index (χ3n) is 5.73. The topological polar surface area (TPSA) is 88.3 Å². The molecular formula is C25H33BrN4O3S. The molecule has 1 atom stereocenters. The van der Waals surface area contributed by atoms with Gasteiger partial charge in [-0.1, -0.05) is 77.4 Å². The molecule has 0 amide bonds. The molecule has 0 saturated heterocycles. The molecule has 0 aliphatic carbocycles. The van der Waals surface area contributed by atoms with Gasteiger partial charge in [0.1, 0.15) is 6.04 Å². The van der Waals surface area contributed by atoms with Gasteiger partial charge in [0, 0.05) is 10.9 Å². The third kappa shape index (κ3) is 8.61. The molecule has 0 aliphatic rings. The molecule has 3 aromatic rings. The van der Waals surface area contributed by atoms with Gasteiger partial charge in [0.15, 0.2) is 5.82 Å². The number of sulfonamides is 1. The lowest BCUT2D eigenvalue weighted by atomic mass is 10.1. The van der Waals surface area contributed by atoms with E-state index in [1.807, 2.05) is 54.6 Å². The summed E-state index contributed by atoms with van der Waals surface area (Å²) in [5.74, 6) is 0.892. The van der Waals surface area contributed by atoms with Crippen LogP contribution in [0.15, 0.2) is 63.6 Å². The highest BCUT2D eigenvalue weighted by Crippen LogP contribution is 2.21. The van der Waals surface area contributed by atoms with Gasteiger partial charge in [-0.2, -0.15) is 4.98 Å². The predicted molar refractivity (Wildman–Crippen MR) is 138 cm³/mol. The van der Waals surface area contributed by atoms with Crippen LogP contribution in [0.3, 0.4) is 0 Å². The Morgan fingerprint density at radius 3 is 2.41 bits per heavy atom. The van der Waals surface area contributed by atoms with Gasteiger partial charge in [-0.25, -0.2) is 13.1 Å². The van der Waals surface area contributed by atoms with Crippen LogP contribution in [-0.4, -0.2) is 48.8 Å². The van der Waals surface area contributed by atoms with Gasteiger partial charge < -0.3 is 9.42 Å². The van der Waals surface area contributed by atoms with Crippen molar-refractivity contribution in [2.45, 2.75) is 45.6 Å². The fourth-order valence-electron chi connectivity index (χ4n) is 3.75. The minimum Gasteiger partial charge on any atom is -0.338 e. The van der Waals surface area contributed by atoms with Crippen molar-refractivity contribution in [3.8, 4) is 0 Å². The Kier molecular flexibility index (Phi) is 10.2. The molecule has 0 fully saturated rings. The van der Waals surface area contributed by atoms with E-state index < -0.39 is 16.1 Å². The average Bonchev–Trinajstić information content (AvgIpc) is 3.30. The maximum absolute atomic E-state index is 12.9. The summed E-state index contributed by atoms with van der Waals surface area (Å²) in [6.45, 7) is 6.73. The number of hydrogen-bond donors (Lipinski definition) is 1. The average molecular weight is 550 g/mol. The van der Waals surface area contributed by atoms with E-state index >= 15 is 0 Å². The zero-order chi connectivity index (χ0) is 24.4. The summed E-state index contributed by atoms with van der Waals surface area (Å²) in [5, 5.41) is 4.11. The van der Waals surface area contributed by atoms with Crippen molar-refractivity contribution in [1.29, 1.82) is 0 Å². The molecule has 2 aromatic carbocycles. The van der Waals surface area contributed by atoms with E-state index in [-0.39, 0.29) is 5.75 Å². The summed E-state index contributed by atoms with van der Waals surface area (Å²) in [4.78, 5) is 6.75. The lowest BCUT2D eigenvalue weighted by molar-refractivity contribution is 0.304. The summed E-state index contributed by atoms with van der Waals surface area (Å²) in [6, 6.07) is 17.3. The van der Waals surface area contributed by atoms with Gasteiger partial charge in [-0.3, -0.25) is 0 Å². The fourth-order valence-corrected chi connectivity index (χ4v) is 5.29. The molecule has 0 spiro atoms. The summed E-state index contributed by atoms with van der Waals surface area (Å²) < 4.78 is 35.1. The van der Waals surface area contributed by atoms with Crippen molar-refractivity contribution in [1.82, 2.24) is 19.8 Å². The summed E-state index contributed by atoms with van der Waals surface area (Å²) in [6.07, 6.45) is 2.30. The first-order valence-corrected chi connectivity index (χ1v) is 14.2. The van der Waals surface area contributed by atoms with Gasteiger partial charge in [-0.15, -0.1) is 0 Å². The van der Waals surface area contributed by atoms with Gasteiger partial charge in [-0.05, 0) is 62.2 Å². The van der Waals surface area contributed by atoms with Crippen LogP contribution < -0.4 is 4.72 Å². The standard InChI is InChI=1S/C25H33BrN4O3S/c1-3-30(4-2)17-8-18-34(31,32)29-23(16-13-20-9-6-5-7-10-20)25-27-24(28-33-25)19-21-11-14-22(26)15-12-21/h5-7,9-12,14-15,23,29H,3-4,8,13,16-19H2,1-2H3. The van der Waals surface area contributed by atoms with E-state index in [0.29, 0.717) is 37.4 Å². The number of halogens is 1. The van der Waals surface area contributed by atoms with E-state index in [4.69, 9.17) is 4.52 Å². The van der Waals surface area contributed by atoms with Gasteiger partial charge in [0.2, 0.25) is 15.9 Å². The van der Waals surface area contributed by atoms with E-state index in [2.05, 4.69) is 49.5 Å². The molecule has 184 valence electrons. The molecule has 0 saturated carbocycles. The Hall–Kier alpha value is -2.07. The molecular weight excluding hydrogens is 516 g/mol. The van der Waals surface area contributed by atoms with Crippen LogP contribution >= 0.6 is 15.9 Å². The maximum atomic E-state index is 12.9. The van der Waals surface area contributed by atoms with E-state index in [9.17, 15) is 8.42 Å². The Labute approximate surface area is 211 Å². The van der Waals surface area contributed by atoms with Crippen molar-refractivity contribution >= 4 is 26.0 Å². The summed E-state index contributed by atoms with van der Waals surface area (Å²) in [5.41, 5.74) is 2.18. The van der Waals surface area contributed by atoms with Gasteiger partial charge in [0.25, 0.3) is 0 Å². The quantitative estimate of drug-likeness (QED) is 0.312. The van der Waals surface area contributed by atoms with Crippen LogP contribution in [-0.2, 0) is 22.9 Å². The minimum atomic E-state index is -3.51. The summed E-state index contributed by atoms with van der Waals surface area (Å²) >= 11 is 3.43. The van der Waals surface area contributed by atoms with Crippen molar-refractivity contribution in [2.24, 2.45) is 0 Å². The van der Waals surface area contributed by atoms with Crippen molar-refractivity contribution in [3.63, 3.8) is 0 Å². The molecule has 0 bridgehead atoms. The SMILES string of the molecule is CCN(CC)CCCS(=O)(=O)NC(CCc1ccccc1)c1nc(Cc2ccc(Br)cc2)no1. The predicted octanol–water partition coefficient (Wildman–Crippen LogP) is 4.75. The second-order valence-electron chi connectivity index (χ2n) is 8.25. The summed E-state index contributed by atoms with van der Waals surface area (Å²) in [7, 11) is -3.51. The first kappa shape index (κ1) is 26.5. The monoisotopic (exact) mass is 548 g/mol. The van der Waals surface area contributed by atoms with Crippen LogP contribution in [0.2, 0.25) is 0 Å². The molecule has 7 nitrogen and oxygen atoms in total. The highest BCUT2D eigenvalue weighted by Gasteiger charge is 2.25. The highest BCUT2D eigenvalue weighted by molar-refractivity contribution is 9.10.